The fourth-order valence-electron chi connectivity index (χ4n) is 5.67. The number of aryl methyl sites for hydroxylation is 1. The fourth-order valence-corrected chi connectivity index (χ4v) is 5.90. The molecule has 216 valence electrons. The first-order valence-corrected chi connectivity index (χ1v) is 13.6. The molecule has 1 aliphatic carbocycles. The number of carbonyl (C=O) groups excluding carboxylic acids is 1. The molecule has 5 rings (SSSR count). The van der Waals surface area contributed by atoms with Crippen LogP contribution in [-0.4, -0.2) is 5.78 Å². The molecule has 10 heteroatoms. The summed E-state index contributed by atoms with van der Waals surface area (Å²) in [7, 11) is 0. The van der Waals surface area contributed by atoms with Gasteiger partial charge in [-0.25, -0.2) is 4.39 Å². The molecule has 1 aliphatic heterocycles. The standard InChI is InChI=1S/C32H26ClF4N3O2/c1-17-11-19(16-42-28-10-9-21(34)14-25(28)33)18(2)23(12-17)29-24(15-38)31(39)40(26-7-4-8-27(41)30(26)29)22-6-3-5-20(13-22)32(35,36)37/h3,5-6,9-14,29H,4,7-8,16,39H2,1-2H3. The highest BCUT2D eigenvalue weighted by molar-refractivity contribution is 6.32. The van der Waals surface area contributed by atoms with Crippen LogP contribution in [0.2, 0.25) is 5.02 Å². The van der Waals surface area contributed by atoms with Gasteiger partial charge in [0.2, 0.25) is 0 Å². The van der Waals surface area contributed by atoms with Crippen molar-refractivity contribution in [3.8, 4) is 11.8 Å². The Morgan fingerprint density at radius 1 is 1.12 bits per heavy atom. The average Bonchev–Trinajstić information content (AvgIpc) is 2.93. The Kier molecular flexibility index (Phi) is 7.78. The zero-order valence-corrected chi connectivity index (χ0v) is 23.5. The van der Waals surface area contributed by atoms with Crippen molar-refractivity contribution in [2.75, 3.05) is 4.90 Å². The van der Waals surface area contributed by atoms with Gasteiger partial charge < -0.3 is 10.5 Å². The molecular formula is C32H26ClF4N3O2. The number of carbonyl (C=O) groups is 1. The minimum absolute atomic E-state index is 0.0212. The maximum Gasteiger partial charge on any atom is 0.416 e. The van der Waals surface area contributed by atoms with Gasteiger partial charge in [-0.15, -0.1) is 0 Å². The molecule has 42 heavy (non-hydrogen) atoms. The first-order valence-electron chi connectivity index (χ1n) is 13.2. The third-order valence-electron chi connectivity index (χ3n) is 7.63. The smallest absolute Gasteiger partial charge is 0.416 e. The van der Waals surface area contributed by atoms with E-state index in [-0.39, 0.29) is 40.9 Å². The van der Waals surface area contributed by atoms with Gasteiger partial charge in [-0.2, -0.15) is 18.4 Å². The lowest BCUT2D eigenvalue weighted by molar-refractivity contribution is -0.137. The molecule has 5 nitrogen and oxygen atoms in total. The summed E-state index contributed by atoms with van der Waals surface area (Å²) < 4.78 is 60.1. The summed E-state index contributed by atoms with van der Waals surface area (Å²) in [5.74, 6) is -1.22. The first kappa shape index (κ1) is 29.2. The third-order valence-corrected chi connectivity index (χ3v) is 7.93. The lowest BCUT2D eigenvalue weighted by atomic mass is 9.73. The lowest BCUT2D eigenvalue weighted by Crippen LogP contribution is -2.39. The molecule has 0 fully saturated rings. The van der Waals surface area contributed by atoms with Crippen LogP contribution in [0.25, 0.3) is 0 Å². The molecule has 1 heterocycles. The molecule has 0 saturated heterocycles. The quantitative estimate of drug-likeness (QED) is 0.302. The van der Waals surface area contributed by atoms with E-state index in [1.54, 1.807) is 0 Å². The van der Waals surface area contributed by atoms with Crippen LogP contribution in [0.1, 0.15) is 53.0 Å². The second kappa shape index (κ2) is 11.2. The minimum Gasteiger partial charge on any atom is -0.487 e. The number of ether oxygens (including phenoxy) is 1. The summed E-state index contributed by atoms with van der Waals surface area (Å²) in [5, 5.41) is 10.5. The Morgan fingerprint density at radius 2 is 1.88 bits per heavy atom. The van der Waals surface area contributed by atoms with Crippen LogP contribution in [-0.2, 0) is 17.6 Å². The van der Waals surface area contributed by atoms with Gasteiger partial charge in [0.25, 0.3) is 0 Å². The predicted octanol–water partition coefficient (Wildman–Crippen LogP) is 8.00. The molecule has 0 aromatic heterocycles. The molecule has 1 unspecified atom stereocenters. The maximum atomic E-state index is 13.6. The number of anilines is 1. The van der Waals surface area contributed by atoms with Crippen molar-refractivity contribution in [3.05, 3.63) is 116 Å². The Morgan fingerprint density at radius 3 is 2.57 bits per heavy atom. The van der Waals surface area contributed by atoms with E-state index in [1.165, 1.54) is 29.2 Å². The molecule has 2 N–H and O–H groups in total. The molecular weight excluding hydrogens is 570 g/mol. The number of alkyl halides is 3. The van der Waals surface area contributed by atoms with E-state index in [1.807, 2.05) is 26.0 Å². The van der Waals surface area contributed by atoms with Crippen molar-refractivity contribution in [1.82, 2.24) is 0 Å². The van der Waals surface area contributed by atoms with Crippen molar-refractivity contribution in [2.24, 2.45) is 5.73 Å². The summed E-state index contributed by atoms with van der Waals surface area (Å²) in [6, 6.07) is 14.5. The average molecular weight is 596 g/mol. The molecule has 3 aromatic carbocycles. The zero-order chi connectivity index (χ0) is 30.3. The van der Waals surface area contributed by atoms with Gasteiger partial charge in [0.15, 0.2) is 5.78 Å². The molecule has 0 amide bonds. The van der Waals surface area contributed by atoms with E-state index in [2.05, 4.69) is 6.07 Å². The van der Waals surface area contributed by atoms with E-state index >= 15 is 0 Å². The van der Waals surface area contributed by atoms with Crippen molar-refractivity contribution in [2.45, 2.75) is 51.8 Å². The van der Waals surface area contributed by atoms with Crippen LogP contribution in [0, 0.1) is 31.0 Å². The number of Topliss-reactive ketones (excluding diaryl/α,β-unsaturated/α-hetero) is 1. The van der Waals surface area contributed by atoms with Gasteiger partial charge in [-0.05, 0) is 79.8 Å². The molecule has 1 atom stereocenters. The van der Waals surface area contributed by atoms with E-state index < -0.39 is 23.5 Å². The number of nitriles is 1. The topological polar surface area (TPSA) is 79.3 Å². The number of hydrogen-bond acceptors (Lipinski definition) is 5. The van der Waals surface area contributed by atoms with E-state index in [0.29, 0.717) is 35.4 Å². The van der Waals surface area contributed by atoms with Crippen LogP contribution < -0.4 is 15.4 Å². The van der Waals surface area contributed by atoms with E-state index in [0.717, 1.165) is 34.9 Å². The van der Waals surface area contributed by atoms with Crippen LogP contribution in [0.15, 0.2) is 77.3 Å². The van der Waals surface area contributed by atoms with E-state index in [9.17, 15) is 27.6 Å². The highest BCUT2D eigenvalue weighted by Crippen LogP contribution is 2.48. The second-order valence-electron chi connectivity index (χ2n) is 10.4. The number of nitrogens with zero attached hydrogens (tertiary/aromatic N) is 2. The van der Waals surface area contributed by atoms with Crippen molar-refractivity contribution in [1.29, 1.82) is 5.26 Å². The number of nitrogens with two attached hydrogens (primary N) is 1. The fraction of sp³-hybridized carbons (Fsp3) is 0.250. The van der Waals surface area contributed by atoms with Gasteiger partial charge in [0.1, 0.15) is 24.0 Å². The number of halogens is 5. The maximum absolute atomic E-state index is 13.6. The summed E-state index contributed by atoms with van der Waals surface area (Å²) in [6.07, 6.45) is -3.44. The highest BCUT2D eigenvalue weighted by atomic mass is 35.5. The Bertz CT molecular complexity index is 1700. The van der Waals surface area contributed by atoms with Crippen molar-refractivity contribution in [3.63, 3.8) is 0 Å². The molecule has 0 bridgehead atoms. The Balaban J connectivity index is 1.63. The number of ketones is 1. The number of hydrogen-bond donors (Lipinski definition) is 1. The largest absolute Gasteiger partial charge is 0.487 e. The summed E-state index contributed by atoms with van der Waals surface area (Å²) in [4.78, 5) is 15.0. The first-order chi connectivity index (χ1) is 19.9. The van der Waals surface area contributed by atoms with Gasteiger partial charge in [-0.3, -0.25) is 9.69 Å². The SMILES string of the molecule is Cc1cc(COc2ccc(F)cc2Cl)c(C)c(C2C(C#N)=C(N)N(c3cccc(C(F)(F)F)c3)C3=C2C(=O)CCC3)c1. The van der Waals surface area contributed by atoms with E-state index in [4.69, 9.17) is 22.1 Å². The highest BCUT2D eigenvalue weighted by Gasteiger charge is 2.41. The lowest BCUT2D eigenvalue weighted by Gasteiger charge is -2.40. The van der Waals surface area contributed by atoms with Gasteiger partial charge in [0.05, 0.1) is 28.1 Å². The van der Waals surface area contributed by atoms with Crippen molar-refractivity contribution < 1.29 is 27.1 Å². The molecule has 0 radical (unpaired) electrons. The Hall–Kier alpha value is -4.29. The minimum atomic E-state index is -4.58. The predicted molar refractivity (Wildman–Crippen MR) is 151 cm³/mol. The molecule has 2 aliphatic rings. The Labute approximate surface area is 245 Å². The molecule has 0 spiro atoms. The number of allylic oxidation sites excluding steroid dienone is 3. The zero-order valence-electron chi connectivity index (χ0n) is 22.8. The second-order valence-corrected chi connectivity index (χ2v) is 10.8. The molecule has 3 aromatic rings. The monoisotopic (exact) mass is 595 g/mol. The van der Waals surface area contributed by atoms with Crippen molar-refractivity contribution >= 4 is 23.1 Å². The van der Waals surface area contributed by atoms with Gasteiger partial charge >= 0.3 is 6.18 Å². The number of rotatable bonds is 5. The van der Waals surface area contributed by atoms with Crippen LogP contribution in [0.4, 0.5) is 23.2 Å². The summed E-state index contributed by atoms with van der Waals surface area (Å²) in [6.45, 7) is 3.79. The third kappa shape index (κ3) is 5.35. The van der Waals surface area contributed by atoms with Crippen LogP contribution >= 0.6 is 11.6 Å². The van der Waals surface area contributed by atoms with Gasteiger partial charge in [-0.1, -0.05) is 35.4 Å². The molecule has 0 saturated carbocycles. The summed E-state index contributed by atoms with van der Waals surface area (Å²) in [5.41, 5.74) is 9.77. The van der Waals surface area contributed by atoms with Crippen LogP contribution in [0.3, 0.4) is 0 Å². The van der Waals surface area contributed by atoms with Gasteiger partial charge in [0, 0.05) is 23.4 Å². The summed E-state index contributed by atoms with van der Waals surface area (Å²) >= 11 is 6.13. The number of benzene rings is 3. The normalized spacial score (nSPS) is 17.3. The van der Waals surface area contributed by atoms with Crippen LogP contribution in [0.5, 0.6) is 5.75 Å².